The van der Waals surface area contributed by atoms with E-state index in [2.05, 4.69) is 5.10 Å². The molecule has 12 heavy (non-hydrogen) atoms. The molecule has 0 saturated heterocycles. The lowest BCUT2D eigenvalue weighted by Crippen LogP contribution is -1.93. The van der Waals surface area contributed by atoms with E-state index in [1.807, 2.05) is 0 Å². The van der Waals surface area contributed by atoms with E-state index in [1.54, 1.807) is 13.1 Å². The summed E-state index contributed by atoms with van der Waals surface area (Å²) in [4.78, 5) is 10.1. The van der Waals surface area contributed by atoms with Crippen LogP contribution in [0.25, 0.3) is 6.08 Å². The molecule has 0 aliphatic heterocycles. The average Bonchev–Trinajstić information content (AvgIpc) is 2.26. The van der Waals surface area contributed by atoms with Crippen LogP contribution in [0.5, 0.6) is 0 Å². The molecule has 0 saturated carbocycles. The number of halogens is 1. The van der Waals surface area contributed by atoms with Crippen LogP contribution >= 0.6 is 11.6 Å². The molecule has 0 atom stereocenters. The Bertz CT molecular complexity index is 330. The van der Waals surface area contributed by atoms with Gasteiger partial charge in [0.15, 0.2) is 5.15 Å². The second-order valence-corrected chi connectivity index (χ2v) is 2.57. The molecule has 1 aromatic rings. The maximum Gasteiger partial charge on any atom is 0.328 e. The van der Waals surface area contributed by atoms with Gasteiger partial charge < -0.3 is 5.11 Å². The number of rotatable bonds is 2. The molecule has 0 fully saturated rings. The van der Waals surface area contributed by atoms with Crippen LogP contribution in [0.15, 0.2) is 12.1 Å². The fourth-order valence-electron chi connectivity index (χ4n) is 0.758. The number of hydrogen-bond donors (Lipinski definition) is 1. The molecule has 1 heterocycles. The van der Waals surface area contributed by atoms with Crippen molar-refractivity contribution in [3.8, 4) is 0 Å². The molecule has 0 bridgehead atoms. The third-order valence-corrected chi connectivity index (χ3v) is 1.47. The van der Waals surface area contributed by atoms with Crippen molar-refractivity contribution in [2.75, 3.05) is 0 Å². The Hall–Kier alpha value is -1.29. The van der Waals surface area contributed by atoms with Gasteiger partial charge in [-0.25, -0.2) is 4.79 Å². The van der Waals surface area contributed by atoms with Crippen LogP contribution in [0.1, 0.15) is 5.69 Å². The highest BCUT2D eigenvalue weighted by atomic mass is 35.5. The smallest absolute Gasteiger partial charge is 0.328 e. The number of aryl methyl sites for hydroxylation is 1. The van der Waals surface area contributed by atoms with Crippen molar-refractivity contribution >= 4 is 23.6 Å². The highest BCUT2D eigenvalue weighted by Gasteiger charge is 1.98. The normalized spacial score (nSPS) is 10.8. The summed E-state index contributed by atoms with van der Waals surface area (Å²) in [6.45, 7) is 0. The molecular formula is C7H7ClN2O2. The topological polar surface area (TPSA) is 55.1 Å². The molecule has 0 aromatic carbocycles. The molecule has 5 heteroatoms. The largest absolute Gasteiger partial charge is 0.478 e. The SMILES string of the molecule is Cn1nc(Cl)cc1/C=C/C(=O)O. The Labute approximate surface area is 74.1 Å². The molecule has 0 radical (unpaired) electrons. The first kappa shape index (κ1) is 8.80. The van der Waals surface area contributed by atoms with E-state index < -0.39 is 5.97 Å². The quantitative estimate of drug-likeness (QED) is 0.706. The van der Waals surface area contributed by atoms with Crippen molar-refractivity contribution in [1.82, 2.24) is 9.78 Å². The lowest BCUT2D eigenvalue weighted by atomic mass is 10.4. The molecule has 0 unspecified atom stereocenters. The maximum atomic E-state index is 10.1. The number of aromatic nitrogens is 2. The van der Waals surface area contributed by atoms with Gasteiger partial charge in [0.25, 0.3) is 0 Å². The molecule has 0 aliphatic rings. The Morgan fingerprint density at radius 1 is 1.83 bits per heavy atom. The molecule has 0 aliphatic carbocycles. The summed E-state index contributed by atoms with van der Waals surface area (Å²) in [6, 6.07) is 1.58. The number of carboxylic acid groups (broad SMARTS) is 1. The molecule has 64 valence electrons. The van der Waals surface area contributed by atoms with Crippen molar-refractivity contribution in [3.63, 3.8) is 0 Å². The first-order chi connectivity index (χ1) is 5.59. The number of nitrogens with zero attached hydrogens (tertiary/aromatic N) is 2. The highest BCUT2D eigenvalue weighted by molar-refractivity contribution is 6.29. The molecule has 0 amide bonds. The van der Waals surface area contributed by atoms with Gasteiger partial charge in [-0.05, 0) is 6.08 Å². The average molecular weight is 187 g/mol. The van der Waals surface area contributed by atoms with Crippen LogP contribution in [-0.4, -0.2) is 20.9 Å². The van der Waals surface area contributed by atoms with Gasteiger partial charge >= 0.3 is 5.97 Å². The summed E-state index contributed by atoms with van der Waals surface area (Å²) >= 11 is 5.57. The minimum absolute atomic E-state index is 0.350. The van der Waals surface area contributed by atoms with Crippen LogP contribution in [0.4, 0.5) is 0 Å². The van der Waals surface area contributed by atoms with E-state index in [1.165, 1.54) is 10.8 Å². The number of hydrogen-bond acceptors (Lipinski definition) is 2. The minimum Gasteiger partial charge on any atom is -0.478 e. The Morgan fingerprint density at radius 3 is 2.92 bits per heavy atom. The fourth-order valence-corrected chi connectivity index (χ4v) is 0.983. The van der Waals surface area contributed by atoms with E-state index in [9.17, 15) is 4.79 Å². The second-order valence-electron chi connectivity index (χ2n) is 2.19. The molecule has 1 N–H and O–H groups in total. The predicted octanol–water partition coefficient (Wildman–Crippen LogP) is 1.17. The third-order valence-electron chi connectivity index (χ3n) is 1.28. The molecule has 1 rings (SSSR count). The first-order valence-corrected chi connectivity index (χ1v) is 3.58. The van der Waals surface area contributed by atoms with E-state index in [0.717, 1.165) is 6.08 Å². The van der Waals surface area contributed by atoms with Crippen LogP contribution < -0.4 is 0 Å². The summed E-state index contributed by atoms with van der Waals surface area (Å²) in [7, 11) is 1.69. The predicted molar refractivity (Wildman–Crippen MR) is 44.9 cm³/mol. The van der Waals surface area contributed by atoms with E-state index >= 15 is 0 Å². The molecule has 0 spiro atoms. The van der Waals surface area contributed by atoms with Gasteiger partial charge in [0, 0.05) is 19.2 Å². The molecule has 4 nitrogen and oxygen atoms in total. The lowest BCUT2D eigenvalue weighted by Gasteiger charge is -1.90. The lowest BCUT2D eigenvalue weighted by molar-refractivity contribution is -0.131. The van der Waals surface area contributed by atoms with Crippen molar-refractivity contribution in [2.24, 2.45) is 7.05 Å². The van der Waals surface area contributed by atoms with E-state index in [-0.39, 0.29) is 0 Å². The van der Waals surface area contributed by atoms with Crippen molar-refractivity contribution in [2.45, 2.75) is 0 Å². The first-order valence-electron chi connectivity index (χ1n) is 3.20. The number of carboxylic acids is 1. The van der Waals surface area contributed by atoms with Gasteiger partial charge in [-0.2, -0.15) is 5.10 Å². The summed E-state index contributed by atoms with van der Waals surface area (Å²) in [5.74, 6) is -0.993. The van der Waals surface area contributed by atoms with Crippen LogP contribution in [-0.2, 0) is 11.8 Å². The van der Waals surface area contributed by atoms with Crippen LogP contribution in [0.2, 0.25) is 5.15 Å². The number of carbonyl (C=O) groups is 1. The highest BCUT2D eigenvalue weighted by Crippen LogP contribution is 2.09. The van der Waals surface area contributed by atoms with Gasteiger partial charge in [-0.3, -0.25) is 4.68 Å². The molecule has 1 aromatic heterocycles. The van der Waals surface area contributed by atoms with Gasteiger partial charge in [0.05, 0.1) is 5.69 Å². The van der Waals surface area contributed by atoms with Crippen molar-refractivity contribution < 1.29 is 9.90 Å². The zero-order valence-corrected chi connectivity index (χ0v) is 7.12. The van der Waals surface area contributed by atoms with Crippen LogP contribution in [0.3, 0.4) is 0 Å². The number of aliphatic carboxylic acids is 1. The monoisotopic (exact) mass is 186 g/mol. The third kappa shape index (κ3) is 2.10. The summed E-state index contributed by atoms with van der Waals surface area (Å²) in [5.41, 5.74) is 0.655. The molecular weight excluding hydrogens is 180 g/mol. The zero-order valence-electron chi connectivity index (χ0n) is 6.36. The summed E-state index contributed by atoms with van der Waals surface area (Å²) in [6.07, 6.45) is 2.47. The van der Waals surface area contributed by atoms with Crippen molar-refractivity contribution in [3.05, 3.63) is 23.0 Å². The summed E-state index contributed by atoms with van der Waals surface area (Å²) in [5, 5.41) is 12.5. The second kappa shape index (κ2) is 3.40. The summed E-state index contributed by atoms with van der Waals surface area (Å²) < 4.78 is 1.50. The minimum atomic E-state index is -0.993. The fraction of sp³-hybridized carbons (Fsp3) is 0.143. The van der Waals surface area contributed by atoms with Gasteiger partial charge in [-0.1, -0.05) is 11.6 Å². The van der Waals surface area contributed by atoms with E-state index in [4.69, 9.17) is 16.7 Å². The van der Waals surface area contributed by atoms with Crippen molar-refractivity contribution in [1.29, 1.82) is 0 Å². The van der Waals surface area contributed by atoms with E-state index in [0.29, 0.717) is 10.8 Å². The Kier molecular flexibility index (Phi) is 2.50. The van der Waals surface area contributed by atoms with Crippen LogP contribution in [0, 0.1) is 0 Å². The van der Waals surface area contributed by atoms with Gasteiger partial charge in [0.2, 0.25) is 0 Å². The Balaban J connectivity index is 2.89. The zero-order chi connectivity index (χ0) is 9.14. The Morgan fingerprint density at radius 2 is 2.50 bits per heavy atom. The van der Waals surface area contributed by atoms with Gasteiger partial charge in [-0.15, -0.1) is 0 Å². The maximum absolute atomic E-state index is 10.1. The van der Waals surface area contributed by atoms with Gasteiger partial charge in [0.1, 0.15) is 0 Å². The standard InChI is InChI=1S/C7H7ClN2O2/c1-10-5(2-3-7(11)12)4-6(8)9-10/h2-4H,1H3,(H,11,12)/b3-2+.